The molecule has 0 aromatic heterocycles. The highest BCUT2D eigenvalue weighted by atomic mass is 16.3. The molecule has 0 spiro atoms. The van der Waals surface area contributed by atoms with Crippen LogP contribution in [0.5, 0.6) is 0 Å². The van der Waals surface area contributed by atoms with Crippen molar-refractivity contribution < 1.29 is 5.11 Å². The Labute approximate surface area is 152 Å². The predicted molar refractivity (Wildman–Crippen MR) is 102 cm³/mol. The van der Waals surface area contributed by atoms with Gasteiger partial charge in [-0.25, -0.2) is 0 Å². The molecule has 1 saturated heterocycles. The number of rotatable bonds is 8. The van der Waals surface area contributed by atoms with Crippen molar-refractivity contribution in [3.8, 4) is 6.07 Å². The molecule has 0 saturated carbocycles. The number of hydrogen-bond acceptors (Lipinski definition) is 4. The molecule has 0 amide bonds. The second kappa shape index (κ2) is 9.33. The molecule has 4 nitrogen and oxygen atoms in total. The average molecular weight is 344 g/mol. The van der Waals surface area contributed by atoms with Crippen LogP contribution in [0.4, 0.5) is 0 Å². The molecule has 1 unspecified atom stereocenters. The summed E-state index contributed by atoms with van der Waals surface area (Å²) in [5, 5.41) is 22.9. The van der Waals surface area contributed by atoms with Crippen LogP contribution in [0.15, 0.2) is 24.3 Å². The Morgan fingerprint density at radius 1 is 1.28 bits per heavy atom. The standard InChI is InChI=1S/C21H33N3O/c1-17(2)8-11-21(3,25)16-23-20-9-12-24(13-10-20)15-19-6-4-18(14-22)5-7-19/h4-7,17,20,23,25H,8-13,15-16H2,1-3H3. The number of nitriles is 1. The van der Waals surface area contributed by atoms with Crippen molar-refractivity contribution >= 4 is 0 Å². The van der Waals surface area contributed by atoms with Crippen LogP contribution in [0.2, 0.25) is 0 Å². The molecule has 4 heteroatoms. The van der Waals surface area contributed by atoms with Crippen LogP contribution in [-0.2, 0) is 6.54 Å². The lowest BCUT2D eigenvalue weighted by Gasteiger charge is -2.34. The van der Waals surface area contributed by atoms with Crippen LogP contribution in [-0.4, -0.2) is 41.3 Å². The highest BCUT2D eigenvalue weighted by molar-refractivity contribution is 5.31. The van der Waals surface area contributed by atoms with Crippen molar-refractivity contribution in [2.45, 2.75) is 64.6 Å². The SMILES string of the molecule is CC(C)CCC(C)(O)CNC1CCN(Cc2ccc(C#N)cc2)CC1. The van der Waals surface area contributed by atoms with Crippen LogP contribution in [0.25, 0.3) is 0 Å². The highest BCUT2D eigenvalue weighted by Crippen LogP contribution is 2.18. The molecule has 1 aliphatic heterocycles. The lowest BCUT2D eigenvalue weighted by molar-refractivity contribution is 0.0394. The van der Waals surface area contributed by atoms with Crippen LogP contribution in [0, 0.1) is 17.2 Å². The van der Waals surface area contributed by atoms with Gasteiger partial charge >= 0.3 is 0 Å². The number of hydrogen-bond donors (Lipinski definition) is 2. The molecule has 138 valence electrons. The number of likely N-dealkylation sites (tertiary alicyclic amines) is 1. The monoisotopic (exact) mass is 343 g/mol. The molecular formula is C21H33N3O. The van der Waals surface area contributed by atoms with E-state index in [0.717, 1.165) is 50.9 Å². The van der Waals surface area contributed by atoms with Gasteiger partial charge in [-0.2, -0.15) is 5.26 Å². The summed E-state index contributed by atoms with van der Waals surface area (Å²) in [6.07, 6.45) is 4.17. The first-order chi connectivity index (χ1) is 11.9. The van der Waals surface area contributed by atoms with Crippen LogP contribution >= 0.6 is 0 Å². The average Bonchev–Trinajstić information content (AvgIpc) is 2.60. The normalized spacial score (nSPS) is 18.9. The van der Waals surface area contributed by atoms with Gasteiger partial charge in [0.2, 0.25) is 0 Å². The molecule has 1 aliphatic rings. The van der Waals surface area contributed by atoms with E-state index >= 15 is 0 Å². The molecule has 1 aromatic rings. The third-order valence-electron chi connectivity index (χ3n) is 5.11. The third kappa shape index (κ3) is 7.15. The molecule has 1 aromatic carbocycles. The smallest absolute Gasteiger partial charge is 0.0991 e. The maximum Gasteiger partial charge on any atom is 0.0991 e. The van der Waals surface area contributed by atoms with Gasteiger partial charge in [0.05, 0.1) is 17.2 Å². The highest BCUT2D eigenvalue weighted by Gasteiger charge is 2.24. The molecule has 2 rings (SSSR count). The Bertz CT molecular complexity index is 551. The van der Waals surface area contributed by atoms with Crippen molar-refractivity contribution in [1.82, 2.24) is 10.2 Å². The van der Waals surface area contributed by atoms with Crippen LogP contribution < -0.4 is 5.32 Å². The van der Waals surface area contributed by atoms with Crippen molar-refractivity contribution in [2.24, 2.45) is 5.92 Å². The van der Waals surface area contributed by atoms with E-state index in [9.17, 15) is 5.11 Å². The molecule has 2 N–H and O–H groups in total. The molecule has 1 atom stereocenters. The van der Waals surface area contributed by atoms with E-state index in [1.54, 1.807) is 0 Å². The number of nitrogens with one attached hydrogen (secondary N) is 1. The minimum atomic E-state index is -0.607. The summed E-state index contributed by atoms with van der Waals surface area (Å²) < 4.78 is 0. The minimum absolute atomic E-state index is 0.503. The van der Waals surface area contributed by atoms with E-state index in [0.29, 0.717) is 18.5 Å². The first-order valence-corrected chi connectivity index (χ1v) is 9.55. The first kappa shape index (κ1) is 19.9. The fourth-order valence-corrected chi connectivity index (χ4v) is 3.29. The van der Waals surface area contributed by atoms with Crippen molar-refractivity contribution in [2.75, 3.05) is 19.6 Å². The van der Waals surface area contributed by atoms with Gasteiger partial charge in [-0.15, -0.1) is 0 Å². The number of benzene rings is 1. The topological polar surface area (TPSA) is 59.3 Å². The van der Waals surface area contributed by atoms with E-state index in [4.69, 9.17) is 5.26 Å². The summed E-state index contributed by atoms with van der Waals surface area (Å²) in [6, 6.07) is 10.5. The van der Waals surface area contributed by atoms with Gasteiger partial charge < -0.3 is 10.4 Å². The predicted octanol–water partition coefficient (Wildman–Crippen LogP) is 3.30. The Morgan fingerprint density at radius 2 is 1.92 bits per heavy atom. The molecule has 1 fully saturated rings. The summed E-state index contributed by atoms with van der Waals surface area (Å²) in [5.41, 5.74) is 1.38. The summed E-state index contributed by atoms with van der Waals surface area (Å²) >= 11 is 0. The van der Waals surface area contributed by atoms with Gasteiger partial charge in [0, 0.05) is 19.1 Å². The number of piperidine rings is 1. The molecule has 0 bridgehead atoms. The maximum absolute atomic E-state index is 10.5. The zero-order valence-electron chi connectivity index (χ0n) is 16.0. The summed E-state index contributed by atoms with van der Waals surface area (Å²) in [7, 11) is 0. The van der Waals surface area contributed by atoms with Gasteiger partial charge in [0.15, 0.2) is 0 Å². The van der Waals surface area contributed by atoms with Crippen molar-refractivity contribution in [3.63, 3.8) is 0 Å². The molecule has 25 heavy (non-hydrogen) atoms. The van der Waals surface area contributed by atoms with Crippen molar-refractivity contribution in [3.05, 3.63) is 35.4 Å². The van der Waals surface area contributed by atoms with Gasteiger partial charge in [-0.05, 0) is 69.3 Å². The Kier molecular flexibility index (Phi) is 7.43. The zero-order valence-corrected chi connectivity index (χ0v) is 16.0. The van der Waals surface area contributed by atoms with E-state index in [1.807, 2.05) is 19.1 Å². The fraction of sp³-hybridized carbons (Fsp3) is 0.667. The lowest BCUT2D eigenvalue weighted by Crippen LogP contribution is -2.47. The summed E-state index contributed by atoms with van der Waals surface area (Å²) in [5.74, 6) is 0.636. The second-order valence-electron chi connectivity index (χ2n) is 8.17. The second-order valence-corrected chi connectivity index (χ2v) is 8.17. The largest absolute Gasteiger partial charge is 0.389 e. The van der Waals surface area contributed by atoms with E-state index in [-0.39, 0.29) is 0 Å². The van der Waals surface area contributed by atoms with Crippen LogP contribution in [0.3, 0.4) is 0 Å². The van der Waals surface area contributed by atoms with Crippen LogP contribution in [0.1, 0.15) is 57.6 Å². The molecule has 0 aliphatic carbocycles. The first-order valence-electron chi connectivity index (χ1n) is 9.55. The third-order valence-corrected chi connectivity index (χ3v) is 5.11. The maximum atomic E-state index is 10.5. The lowest BCUT2D eigenvalue weighted by atomic mass is 9.94. The number of aliphatic hydroxyl groups is 1. The summed E-state index contributed by atoms with van der Waals surface area (Å²) in [6.45, 7) is 10.1. The molecule has 0 radical (unpaired) electrons. The zero-order chi connectivity index (χ0) is 18.3. The Morgan fingerprint density at radius 3 is 2.48 bits per heavy atom. The van der Waals surface area contributed by atoms with Gasteiger partial charge in [0.1, 0.15) is 0 Å². The van der Waals surface area contributed by atoms with Gasteiger partial charge in [0.25, 0.3) is 0 Å². The quantitative estimate of drug-likeness (QED) is 0.760. The molecule has 1 heterocycles. The Hall–Kier alpha value is -1.41. The van der Waals surface area contributed by atoms with E-state index in [1.165, 1.54) is 5.56 Å². The van der Waals surface area contributed by atoms with Gasteiger partial charge in [-0.1, -0.05) is 26.0 Å². The van der Waals surface area contributed by atoms with Gasteiger partial charge in [-0.3, -0.25) is 4.90 Å². The summed E-state index contributed by atoms with van der Waals surface area (Å²) in [4.78, 5) is 2.47. The fourth-order valence-electron chi connectivity index (χ4n) is 3.29. The number of nitrogens with zero attached hydrogens (tertiary/aromatic N) is 2. The Balaban J connectivity index is 1.69. The minimum Gasteiger partial charge on any atom is -0.389 e. The van der Waals surface area contributed by atoms with E-state index in [2.05, 4.69) is 42.3 Å². The molecular weight excluding hydrogens is 310 g/mol. The van der Waals surface area contributed by atoms with Crippen molar-refractivity contribution in [1.29, 1.82) is 5.26 Å². The van der Waals surface area contributed by atoms with E-state index < -0.39 is 5.60 Å².